The van der Waals surface area contributed by atoms with Crippen LogP contribution in [-0.4, -0.2) is 60.4 Å². The van der Waals surface area contributed by atoms with Crippen molar-refractivity contribution in [2.24, 2.45) is 0 Å². The van der Waals surface area contributed by atoms with E-state index in [0.717, 1.165) is 0 Å². The summed E-state index contributed by atoms with van der Waals surface area (Å²) in [7, 11) is 1.25. The molecule has 0 N–H and O–H groups in total. The van der Waals surface area contributed by atoms with E-state index < -0.39 is 12.0 Å². The monoisotopic (exact) mass is 315 g/mol. The number of piperazine rings is 1. The molecule has 0 unspecified atom stereocenters. The van der Waals surface area contributed by atoms with E-state index in [9.17, 15) is 14.4 Å². The number of hydrogen-bond donors (Lipinski definition) is 0. The molecule has 2 rings (SSSR count). The number of nitrogens with zero attached hydrogens (tertiary/aromatic N) is 3. The van der Waals surface area contributed by atoms with Gasteiger partial charge in [-0.05, 0) is 24.3 Å². The predicted molar refractivity (Wildman–Crippen MR) is 80.3 cm³/mol. The summed E-state index contributed by atoms with van der Waals surface area (Å²) in [4.78, 5) is 39.0. The Morgan fingerprint density at radius 1 is 1.22 bits per heavy atom. The Bertz CT molecular complexity index is 663. The molecule has 1 saturated heterocycles. The number of ether oxygens (including phenoxy) is 1. The van der Waals surface area contributed by atoms with E-state index in [2.05, 4.69) is 0 Å². The molecular formula is C16H17N3O4. The van der Waals surface area contributed by atoms with Crippen LogP contribution in [0.1, 0.15) is 22.8 Å². The van der Waals surface area contributed by atoms with Crippen molar-refractivity contribution in [3.05, 3.63) is 35.4 Å². The Morgan fingerprint density at radius 3 is 2.39 bits per heavy atom. The first-order valence-electron chi connectivity index (χ1n) is 7.12. The molecule has 2 amide bonds. The van der Waals surface area contributed by atoms with E-state index in [4.69, 9.17) is 10.00 Å². The first-order valence-corrected chi connectivity index (χ1v) is 7.12. The molecule has 1 atom stereocenters. The van der Waals surface area contributed by atoms with Gasteiger partial charge in [0.1, 0.15) is 6.04 Å². The second-order valence-corrected chi connectivity index (χ2v) is 5.19. The molecule has 23 heavy (non-hydrogen) atoms. The minimum absolute atomic E-state index is 0.0884. The van der Waals surface area contributed by atoms with Crippen LogP contribution in [-0.2, 0) is 14.3 Å². The van der Waals surface area contributed by atoms with Gasteiger partial charge in [0, 0.05) is 25.6 Å². The van der Waals surface area contributed by atoms with Gasteiger partial charge in [-0.3, -0.25) is 9.59 Å². The molecule has 1 fully saturated rings. The Kier molecular flexibility index (Phi) is 4.96. The molecule has 1 aromatic rings. The van der Waals surface area contributed by atoms with Crippen LogP contribution < -0.4 is 0 Å². The second kappa shape index (κ2) is 6.92. The van der Waals surface area contributed by atoms with Gasteiger partial charge >= 0.3 is 5.97 Å². The fraction of sp³-hybridized carbons (Fsp3) is 0.375. The third kappa shape index (κ3) is 3.48. The summed E-state index contributed by atoms with van der Waals surface area (Å²) >= 11 is 0. The molecule has 1 aliphatic heterocycles. The topological polar surface area (TPSA) is 90.7 Å². The van der Waals surface area contributed by atoms with Gasteiger partial charge < -0.3 is 14.5 Å². The molecule has 7 nitrogen and oxygen atoms in total. The highest BCUT2D eigenvalue weighted by atomic mass is 16.5. The van der Waals surface area contributed by atoms with Crippen LogP contribution in [0.4, 0.5) is 0 Å². The quantitative estimate of drug-likeness (QED) is 0.737. The van der Waals surface area contributed by atoms with Crippen molar-refractivity contribution in [2.45, 2.75) is 13.0 Å². The van der Waals surface area contributed by atoms with Crippen LogP contribution in [0.2, 0.25) is 0 Å². The van der Waals surface area contributed by atoms with Crippen LogP contribution in [0.5, 0.6) is 0 Å². The molecule has 120 valence electrons. The number of nitriles is 1. The molecule has 1 heterocycles. The van der Waals surface area contributed by atoms with Crippen molar-refractivity contribution in [1.82, 2.24) is 9.80 Å². The van der Waals surface area contributed by atoms with Gasteiger partial charge in [-0.1, -0.05) is 0 Å². The zero-order valence-electron chi connectivity index (χ0n) is 13.0. The van der Waals surface area contributed by atoms with Crippen LogP contribution in [0.15, 0.2) is 24.3 Å². The first kappa shape index (κ1) is 16.5. The fourth-order valence-corrected chi connectivity index (χ4v) is 2.55. The van der Waals surface area contributed by atoms with Crippen molar-refractivity contribution in [1.29, 1.82) is 5.26 Å². The predicted octanol–water partition coefficient (Wildman–Crippen LogP) is 0.404. The number of hydrogen-bond acceptors (Lipinski definition) is 5. The highest BCUT2D eigenvalue weighted by Gasteiger charge is 2.36. The van der Waals surface area contributed by atoms with Crippen LogP contribution in [0, 0.1) is 11.3 Å². The Balaban J connectivity index is 2.17. The van der Waals surface area contributed by atoms with Gasteiger partial charge in [0.25, 0.3) is 5.91 Å². The largest absolute Gasteiger partial charge is 0.467 e. The average molecular weight is 315 g/mol. The molecule has 0 aliphatic carbocycles. The van der Waals surface area contributed by atoms with Crippen LogP contribution in [0.3, 0.4) is 0 Å². The van der Waals surface area contributed by atoms with Gasteiger partial charge in [-0.2, -0.15) is 5.26 Å². The van der Waals surface area contributed by atoms with E-state index in [1.807, 2.05) is 6.07 Å². The summed E-state index contributed by atoms with van der Waals surface area (Å²) in [5, 5.41) is 8.79. The Labute approximate surface area is 134 Å². The fourth-order valence-electron chi connectivity index (χ4n) is 2.55. The Morgan fingerprint density at radius 2 is 1.87 bits per heavy atom. The second-order valence-electron chi connectivity index (χ2n) is 5.19. The van der Waals surface area contributed by atoms with Gasteiger partial charge in [0.2, 0.25) is 5.91 Å². The SMILES string of the molecule is COC(=O)[C@H]1CN(C(=O)c2ccc(C#N)cc2)CCN1C(C)=O. The average Bonchev–Trinajstić information content (AvgIpc) is 2.59. The molecule has 0 radical (unpaired) electrons. The minimum Gasteiger partial charge on any atom is -0.467 e. The lowest BCUT2D eigenvalue weighted by molar-refractivity contribution is -0.154. The zero-order chi connectivity index (χ0) is 17.0. The number of benzene rings is 1. The minimum atomic E-state index is -0.798. The molecule has 0 aromatic heterocycles. The van der Waals surface area contributed by atoms with Gasteiger partial charge in [-0.25, -0.2) is 4.79 Å². The lowest BCUT2D eigenvalue weighted by atomic mass is 10.1. The molecule has 1 aliphatic rings. The highest BCUT2D eigenvalue weighted by molar-refractivity contribution is 5.95. The molecule has 1 aromatic carbocycles. The summed E-state index contributed by atoms with van der Waals surface area (Å²) in [6.45, 7) is 2.09. The first-order chi connectivity index (χ1) is 11.0. The van der Waals surface area contributed by atoms with E-state index in [-0.39, 0.29) is 24.9 Å². The van der Waals surface area contributed by atoms with Gasteiger partial charge in [-0.15, -0.1) is 0 Å². The zero-order valence-corrected chi connectivity index (χ0v) is 13.0. The van der Waals surface area contributed by atoms with Gasteiger partial charge in [0.05, 0.1) is 25.3 Å². The number of methoxy groups -OCH3 is 1. The van der Waals surface area contributed by atoms with E-state index in [0.29, 0.717) is 17.7 Å². The molecule has 0 bridgehead atoms. The number of esters is 1. The van der Waals surface area contributed by atoms with E-state index in [1.165, 1.54) is 23.8 Å². The van der Waals surface area contributed by atoms with Crippen molar-refractivity contribution < 1.29 is 19.1 Å². The van der Waals surface area contributed by atoms with Crippen LogP contribution >= 0.6 is 0 Å². The smallest absolute Gasteiger partial charge is 0.330 e. The van der Waals surface area contributed by atoms with Crippen LogP contribution in [0.25, 0.3) is 0 Å². The Hall–Kier alpha value is -2.88. The summed E-state index contributed by atoms with van der Waals surface area (Å²) < 4.78 is 4.73. The summed E-state index contributed by atoms with van der Waals surface area (Å²) in [6.07, 6.45) is 0. The summed E-state index contributed by atoms with van der Waals surface area (Å²) in [5.74, 6) is -1.02. The molecular weight excluding hydrogens is 298 g/mol. The van der Waals surface area contributed by atoms with E-state index in [1.54, 1.807) is 24.3 Å². The van der Waals surface area contributed by atoms with Crippen molar-refractivity contribution >= 4 is 17.8 Å². The number of amides is 2. The number of carbonyl (C=O) groups excluding carboxylic acids is 3. The maximum Gasteiger partial charge on any atom is 0.330 e. The number of carbonyl (C=O) groups is 3. The van der Waals surface area contributed by atoms with Crippen molar-refractivity contribution in [3.63, 3.8) is 0 Å². The molecule has 0 saturated carbocycles. The van der Waals surface area contributed by atoms with Crippen molar-refractivity contribution in [3.8, 4) is 6.07 Å². The maximum absolute atomic E-state index is 12.5. The summed E-state index contributed by atoms with van der Waals surface area (Å²) in [5.41, 5.74) is 0.902. The highest BCUT2D eigenvalue weighted by Crippen LogP contribution is 2.15. The third-order valence-electron chi connectivity index (χ3n) is 3.81. The molecule has 0 spiro atoms. The standard InChI is InChI=1S/C16H17N3O4/c1-11(20)19-8-7-18(10-14(19)16(22)23-2)15(21)13-5-3-12(9-17)4-6-13/h3-6,14H,7-8,10H2,1-2H3/t14-/m1/s1. The van der Waals surface area contributed by atoms with E-state index >= 15 is 0 Å². The van der Waals surface area contributed by atoms with Gasteiger partial charge in [0.15, 0.2) is 0 Å². The maximum atomic E-state index is 12.5. The third-order valence-corrected chi connectivity index (χ3v) is 3.81. The summed E-state index contributed by atoms with van der Waals surface area (Å²) in [6, 6.07) is 7.47. The lowest BCUT2D eigenvalue weighted by Crippen LogP contribution is -2.59. The number of rotatable bonds is 2. The van der Waals surface area contributed by atoms with Crippen molar-refractivity contribution in [2.75, 3.05) is 26.7 Å². The lowest BCUT2D eigenvalue weighted by Gasteiger charge is -2.39. The molecule has 7 heteroatoms. The normalized spacial score (nSPS) is 17.3.